The first-order valence-corrected chi connectivity index (χ1v) is 9.21. The van der Waals surface area contributed by atoms with Gasteiger partial charge in [0.2, 0.25) is 11.8 Å². The van der Waals surface area contributed by atoms with Crippen LogP contribution in [0.3, 0.4) is 0 Å². The van der Waals surface area contributed by atoms with Gasteiger partial charge in [-0.25, -0.2) is 0 Å². The average molecular weight is 336 g/mol. The third kappa shape index (κ3) is 3.26. The smallest absolute Gasteiger partial charge is 0.228 e. The molecule has 2 aromatic carbocycles. The van der Waals surface area contributed by atoms with Crippen LogP contribution in [0.4, 0.5) is 0 Å². The fraction of sp³-hybridized carbons (Fsp3) is 0.429. The Balaban J connectivity index is 1.58. The average Bonchev–Trinajstić information content (AvgIpc) is 3.47. The molecule has 0 aromatic heterocycles. The number of carbonyl (C=O) groups excluding carboxylic acids is 2. The number of hydrogen-bond donors (Lipinski definition) is 1. The third-order valence-corrected chi connectivity index (χ3v) is 5.48. The summed E-state index contributed by atoms with van der Waals surface area (Å²) in [5.74, 6) is 0.175. The highest BCUT2D eigenvalue weighted by molar-refractivity contribution is 5.85. The lowest BCUT2D eigenvalue weighted by molar-refractivity contribution is -0.140. The minimum Gasteiger partial charge on any atom is -0.355 e. The number of nitrogens with one attached hydrogen (secondary N) is 1. The van der Waals surface area contributed by atoms with Crippen LogP contribution in [0, 0.1) is 5.92 Å². The fourth-order valence-electron chi connectivity index (χ4n) is 3.82. The molecule has 2 aliphatic rings. The van der Waals surface area contributed by atoms with Gasteiger partial charge in [0.15, 0.2) is 0 Å². The molecule has 2 aromatic rings. The molecule has 1 saturated carbocycles. The summed E-state index contributed by atoms with van der Waals surface area (Å²) < 4.78 is 0. The van der Waals surface area contributed by atoms with Crippen molar-refractivity contribution in [1.29, 1.82) is 0 Å². The van der Waals surface area contributed by atoms with Gasteiger partial charge in [-0.1, -0.05) is 36.4 Å². The van der Waals surface area contributed by atoms with Crippen molar-refractivity contribution in [1.82, 2.24) is 10.2 Å². The summed E-state index contributed by atoms with van der Waals surface area (Å²) in [5.41, 5.74) is 1.18. The Labute approximate surface area is 148 Å². The summed E-state index contributed by atoms with van der Waals surface area (Å²) in [6.45, 7) is 2.60. The Morgan fingerprint density at radius 3 is 2.56 bits per heavy atom. The fourth-order valence-corrected chi connectivity index (χ4v) is 3.82. The molecule has 2 fully saturated rings. The molecule has 0 radical (unpaired) electrons. The molecule has 2 atom stereocenters. The van der Waals surface area contributed by atoms with Crippen molar-refractivity contribution < 1.29 is 9.59 Å². The summed E-state index contributed by atoms with van der Waals surface area (Å²) in [4.78, 5) is 26.6. The molecule has 1 N–H and O–H groups in total. The van der Waals surface area contributed by atoms with Gasteiger partial charge in [-0.2, -0.15) is 0 Å². The van der Waals surface area contributed by atoms with E-state index in [9.17, 15) is 9.59 Å². The molecule has 4 heteroatoms. The van der Waals surface area contributed by atoms with E-state index in [0.717, 1.165) is 12.8 Å². The number of nitrogens with zero attached hydrogens (tertiary/aromatic N) is 1. The zero-order valence-electron chi connectivity index (χ0n) is 14.6. The van der Waals surface area contributed by atoms with Gasteiger partial charge in [0.05, 0.1) is 12.0 Å². The topological polar surface area (TPSA) is 49.4 Å². The van der Waals surface area contributed by atoms with Gasteiger partial charge in [-0.05, 0) is 48.6 Å². The van der Waals surface area contributed by atoms with Crippen LogP contribution in [-0.4, -0.2) is 29.3 Å². The normalized spacial score (nSPS) is 21.6. The molecule has 130 valence electrons. The SMILES string of the molecule is C[C@H](c1ccc2ccccc2c1)N(C(=O)[C@H]1CCC(=O)NC1)C1CC1. The van der Waals surface area contributed by atoms with Crippen LogP contribution in [0.25, 0.3) is 10.8 Å². The quantitative estimate of drug-likeness (QED) is 0.930. The van der Waals surface area contributed by atoms with E-state index in [4.69, 9.17) is 0 Å². The molecule has 1 aliphatic carbocycles. The predicted molar refractivity (Wildman–Crippen MR) is 98.0 cm³/mol. The maximum Gasteiger partial charge on any atom is 0.228 e. The van der Waals surface area contributed by atoms with Crippen LogP contribution in [0.5, 0.6) is 0 Å². The lowest BCUT2D eigenvalue weighted by Crippen LogP contribution is -2.46. The number of piperidine rings is 1. The Morgan fingerprint density at radius 1 is 1.12 bits per heavy atom. The van der Waals surface area contributed by atoms with Crippen molar-refractivity contribution in [2.75, 3.05) is 6.54 Å². The first-order chi connectivity index (χ1) is 12.1. The van der Waals surface area contributed by atoms with Gasteiger partial charge < -0.3 is 10.2 Å². The van der Waals surface area contributed by atoms with Gasteiger partial charge in [-0.15, -0.1) is 0 Å². The van der Waals surface area contributed by atoms with E-state index >= 15 is 0 Å². The molecule has 2 amide bonds. The van der Waals surface area contributed by atoms with Crippen LogP contribution >= 0.6 is 0 Å². The van der Waals surface area contributed by atoms with Crippen molar-refractivity contribution in [3.63, 3.8) is 0 Å². The number of amides is 2. The highest BCUT2D eigenvalue weighted by Gasteiger charge is 2.39. The maximum absolute atomic E-state index is 13.1. The zero-order valence-corrected chi connectivity index (χ0v) is 14.6. The highest BCUT2D eigenvalue weighted by Crippen LogP contribution is 2.37. The number of benzene rings is 2. The van der Waals surface area contributed by atoms with E-state index < -0.39 is 0 Å². The van der Waals surface area contributed by atoms with Crippen molar-refractivity contribution >= 4 is 22.6 Å². The molecule has 1 heterocycles. The van der Waals surface area contributed by atoms with Crippen LogP contribution < -0.4 is 5.32 Å². The van der Waals surface area contributed by atoms with Crippen LogP contribution in [0.2, 0.25) is 0 Å². The molecule has 0 spiro atoms. The van der Waals surface area contributed by atoms with E-state index in [1.165, 1.54) is 16.3 Å². The molecule has 1 saturated heterocycles. The molecule has 4 nitrogen and oxygen atoms in total. The van der Waals surface area contributed by atoms with E-state index in [2.05, 4.69) is 47.5 Å². The number of fused-ring (bicyclic) bond motifs is 1. The van der Waals surface area contributed by atoms with Gasteiger partial charge in [0, 0.05) is 19.0 Å². The lowest BCUT2D eigenvalue weighted by atomic mass is 9.95. The van der Waals surface area contributed by atoms with Gasteiger partial charge in [0.1, 0.15) is 0 Å². The Kier molecular flexibility index (Phi) is 4.20. The van der Waals surface area contributed by atoms with Crippen LogP contribution in [-0.2, 0) is 9.59 Å². The highest BCUT2D eigenvalue weighted by atomic mass is 16.2. The van der Waals surface area contributed by atoms with Crippen LogP contribution in [0.15, 0.2) is 42.5 Å². The molecule has 0 unspecified atom stereocenters. The largest absolute Gasteiger partial charge is 0.355 e. The minimum atomic E-state index is -0.0822. The van der Waals surface area contributed by atoms with Crippen LogP contribution in [0.1, 0.15) is 44.2 Å². The van der Waals surface area contributed by atoms with Crippen molar-refractivity contribution in [2.24, 2.45) is 5.92 Å². The zero-order chi connectivity index (χ0) is 17.4. The molecular weight excluding hydrogens is 312 g/mol. The third-order valence-electron chi connectivity index (χ3n) is 5.48. The summed E-state index contributed by atoms with van der Waals surface area (Å²) in [6, 6.07) is 15.2. The Bertz CT molecular complexity index is 802. The van der Waals surface area contributed by atoms with Gasteiger partial charge >= 0.3 is 0 Å². The Morgan fingerprint density at radius 2 is 1.88 bits per heavy atom. The second kappa shape index (κ2) is 6.51. The summed E-state index contributed by atoms with van der Waals surface area (Å²) >= 11 is 0. The van der Waals surface area contributed by atoms with E-state index in [-0.39, 0.29) is 23.8 Å². The molecule has 0 bridgehead atoms. The molecule has 25 heavy (non-hydrogen) atoms. The second-order valence-corrected chi connectivity index (χ2v) is 7.30. The van der Waals surface area contributed by atoms with Crippen molar-refractivity contribution in [3.8, 4) is 0 Å². The van der Waals surface area contributed by atoms with E-state index in [1.54, 1.807) is 0 Å². The first-order valence-electron chi connectivity index (χ1n) is 9.21. The maximum atomic E-state index is 13.1. The van der Waals surface area contributed by atoms with E-state index in [0.29, 0.717) is 25.4 Å². The monoisotopic (exact) mass is 336 g/mol. The summed E-state index contributed by atoms with van der Waals surface area (Å²) in [6.07, 6.45) is 3.29. The van der Waals surface area contributed by atoms with E-state index in [1.807, 2.05) is 12.1 Å². The summed E-state index contributed by atoms with van der Waals surface area (Å²) in [5, 5.41) is 5.27. The van der Waals surface area contributed by atoms with Crippen molar-refractivity contribution in [3.05, 3.63) is 48.0 Å². The lowest BCUT2D eigenvalue weighted by Gasteiger charge is -2.34. The van der Waals surface area contributed by atoms with Crippen molar-refractivity contribution in [2.45, 2.75) is 44.7 Å². The number of hydrogen-bond acceptors (Lipinski definition) is 2. The molecule has 1 aliphatic heterocycles. The summed E-state index contributed by atoms with van der Waals surface area (Å²) in [7, 11) is 0. The minimum absolute atomic E-state index is 0.0576. The standard InChI is InChI=1S/C21H24N2O2/c1-14(16-7-6-15-4-2-3-5-17(15)12-16)23(19-9-10-19)21(25)18-8-11-20(24)22-13-18/h2-7,12,14,18-19H,8-11,13H2,1H3,(H,22,24)/t14-,18+/m1/s1. The van der Waals surface area contributed by atoms with Gasteiger partial charge in [-0.3, -0.25) is 9.59 Å². The molecule has 4 rings (SSSR count). The van der Waals surface area contributed by atoms with Gasteiger partial charge in [0.25, 0.3) is 0 Å². The predicted octanol–water partition coefficient (Wildman–Crippen LogP) is 3.42. The number of carbonyl (C=O) groups is 2. The molecular formula is C21H24N2O2. The first kappa shape index (κ1) is 16.1. The number of rotatable bonds is 4. The second-order valence-electron chi connectivity index (χ2n) is 7.30. The Hall–Kier alpha value is -2.36.